The third-order valence-electron chi connectivity index (χ3n) is 2.48. The summed E-state index contributed by atoms with van der Waals surface area (Å²) < 4.78 is 26.4. The normalized spacial score (nSPS) is 11.3. The van der Waals surface area contributed by atoms with E-state index in [-0.39, 0.29) is 21.3 Å². The van der Waals surface area contributed by atoms with Crippen molar-refractivity contribution < 1.29 is 13.3 Å². The molecule has 0 radical (unpaired) electrons. The van der Waals surface area contributed by atoms with Gasteiger partial charge >= 0.3 is 0 Å². The summed E-state index contributed by atoms with van der Waals surface area (Å²) >= 11 is 5.84. The Labute approximate surface area is 119 Å². The lowest BCUT2D eigenvalue weighted by Gasteiger charge is -2.08. The van der Waals surface area contributed by atoms with Crippen LogP contribution in [-0.4, -0.2) is 23.5 Å². The SMILES string of the molecule is Cc1[nH]ncc1S(=O)(=O)Nc1cc([N+](=O)[O-])ccc1Cl. The molecule has 1 aromatic carbocycles. The van der Waals surface area contributed by atoms with E-state index in [0.29, 0.717) is 5.69 Å². The third-order valence-corrected chi connectivity index (χ3v) is 4.29. The Morgan fingerprint density at radius 2 is 2.15 bits per heavy atom. The summed E-state index contributed by atoms with van der Waals surface area (Å²) in [5.41, 5.74) is 0.0107. The molecule has 2 aromatic rings. The molecule has 106 valence electrons. The fourth-order valence-electron chi connectivity index (χ4n) is 1.52. The lowest BCUT2D eigenvalue weighted by Crippen LogP contribution is -2.13. The number of aromatic amines is 1. The predicted molar refractivity (Wildman–Crippen MR) is 72.2 cm³/mol. The van der Waals surface area contributed by atoms with E-state index in [4.69, 9.17) is 11.6 Å². The molecule has 2 N–H and O–H groups in total. The zero-order valence-corrected chi connectivity index (χ0v) is 11.7. The van der Waals surface area contributed by atoms with Gasteiger partial charge in [0.05, 0.1) is 27.5 Å². The number of H-pyrrole nitrogens is 1. The van der Waals surface area contributed by atoms with Gasteiger partial charge in [-0.2, -0.15) is 5.10 Å². The van der Waals surface area contributed by atoms with Gasteiger partial charge < -0.3 is 0 Å². The first-order chi connectivity index (χ1) is 9.31. The number of sulfonamides is 1. The Kier molecular flexibility index (Phi) is 3.64. The van der Waals surface area contributed by atoms with E-state index in [1.54, 1.807) is 0 Å². The number of hydrogen-bond acceptors (Lipinski definition) is 5. The van der Waals surface area contributed by atoms with Crippen LogP contribution in [0.4, 0.5) is 11.4 Å². The molecule has 8 nitrogen and oxygen atoms in total. The summed E-state index contributed by atoms with van der Waals surface area (Å²) in [4.78, 5) is 9.99. The van der Waals surface area contributed by atoms with E-state index in [2.05, 4.69) is 14.9 Å². The van der Waals surface area contributed by atoms with Crippen molar-refractivity contribution in [3.8, 4) is 0 Å². The van der Waals surface area contributed by atoms with E-state index in [1.165, 1.54) is 19.1 Å². The van der Waals surface area contributed by atoms with Gasteiger partial charge in [-0.15, -0.1) is 0 Å². The Bertz CT molecular complexity index is 771. The quantitative estimate of drug-likeness (QED) is 0.661. The van der Waals surface area contributed by atoms with E-state index in [0.717, 1.165) is 12.3 Å². The van der Waals surface area contributed by atoms with E-state index in [9.17, 15) is 18.5 Å². The van der Waals surface area contributed by atoms with Crippen LogP contribution in [0, 0.1) is 17.0 Å². The molecule has 0 fully saturated rings. The highest BCUT2D eigenvalue weighted by Crippen LogP contribution is 2.29. The van der Waals surface area contributed by atoms with Crippen LogP contribution in [0.3, 0.4) is 0 Å². The van der Waals surface area contributed by atoms with Gasteiger partial charge in [0.25, 0.3) is 15.7 Å². The zero-order valence-electron chi connectivity index (χ0n) is 10.1. The number of aryl methyl sites for hydroxylation is 1. The van der Waals surface area contributed by atoms with Gasteiger partial charge in [0.15, 0.2) is 0 Å². The second kappa shape index (κ2) is 5.10. The molecule has 20 heavy (non-hydrogen) atoms. The molecule has 0 saturated carbocycles. The van der Waals surface area contributed by atoms with Crippen molar-refractivity contribution in [1.82, 2.24) is 10.2 Å². The first kappa shape index (κ1) is 14.3. The van der Waals surface area contributed by atoms with Crippen LogP contribution in [0.25, 0.3) is 0 Å². The summed E-state index contributed by atoms with van der Waals surface area (Å²) in [5, 5.41) is 16.8. The van der Waals surface area contributed by atoms with Crippen molar-refractivity contribution >= 4 is 33.0 Å². The average Bonchev–Trinajstić information content (AvgIpc) is 2.78. The van der Waals surface area contributed by atoms with Gasteiger partial charge in [-0.1, -0.05) is 11.6 Å². The van der Waals surface area contributed by atoms with Crippen LogP contribution < -0.4 is 4.72 Å². The number of anilines is 1. The molecule has 0 atom stereocenters. The van der Waals surface area contributed by atoms with E-state index >= 15 is 0 Å². The van der Waals surface area contributed by atoms with Gasteiger partial charge in [-0.05, 0) is 13.0 Å². The topological polar surface area (TPSA) is 118 Å². The van der Waals surface area contributed by atoms with E-state index in [1.807, 2.05) is 0 Å². The molecule has 0 aliphatic carbocycles. The van der Waals surface area contributed by atoms with Gasteiger partial charge in [0.1, 0.15) is 4.90 Å². The van der Waals surface area contributed by atoms with Crippen LogP contribution in [0.15, 0.2) is 29.3 Å². The van der Waals surface area contributed by atoms with Gasteiger partial charge in [-0.3, -0.25) is 19.9 Å². The fraction of sp³-hybridized carbons (Fsp3) is 0.100. The summed E-state index contributed by atoms with van der Waals surface area (Å²) in [5.74, 6) is 0. The average molecular weight is 317 g/mol. The molecule has 2 rings (SSSR count). The molecule has 0 saturated heterocycles. The van der Waals surface area contributed by atoms with Crippen molar-refractivity contribution in [2.75, 3.05) is 4.72 Å². The number of halogens is 1. The molecule has 1 aromatic heterocycles. The Hall–Kier alpha value is -2.13. The molecule has 0 aliphatic rings. The highest BCUT2D eigenvalue weighted by Gasteiger charge is 2.21. The minimum atomic E-state index is -3.92. The molecule has 0 amide bonds. The maximum atomic E-state index is 12.1. The number of hydrogen-bond donors (Lipinski definition) is 2. The van der Waals surface area contributed by atoms with Crippen LogP contribution in [0.2, 0.25) is 5.02 Å². The number of nitro benzene ring substituents is 1. The number of nitrogens with zero attached hydrogens (tertiary/aromatic N) is 2. The number of non-ortho nitro benzene ring substituents is 1. The van der Waals surface area contributed by atoms with Crippen LogP contribution in [0.5, 0.6) is 0 Å². The monoisotopic (exact) mass is 316 g/mol. The maximum Gasteiger partial charge on any atom is 0.271 e. The Balaban J connectivity index is 2.42. The molecule has 0 bridgehead atoms. The number of aromatic nitrogens is 2. The highest BCUT2D eigenvalue weighted by atomic mass is 35.5. The van der Waals surface area contributed by atoms with Crippen molar-refractivity contribution in [3.63, 3.8) is 0 Å². The summed E-state index contributed by atoms with van der Waals surface area (Å²) in [7, 11) is -3.92. The molecule has 0 aliphatic heterocycles. The molecule has 1 heterocycles. The smallest absolute Gasteiger partial charge is 0.271 e. The maximum absolute atomic E-state index is 12.1. The van der Waals surface area contributed by atoms with Crippen molar-refractivity contribution in [2.45, 2.75) is 11.8 Å². The molecular weight excluding hydrogens is 308 g/mol. The zero-order chi connectivity index (χ0) is 14.9. The standard InChI is InChI=1S/C10H9ClN4O4S/c1-6-10(5-12-13-6)20(18,19)14-9-4-7(15(16)17)2-3-8(9)11/h2-5,14H,1H3,(H,12,13). The van der Waals surface area contributed by atoms with Crippen LogP contribution >= 0.6 is 11.6 Å². The lowest BCUT2D eigenvalue weighted by molar-refractivity contribution is -0.384. The van der Waals surface area contributed by atoms with E-state index < -0.39 is 14.9 Å². The minimum absolute atomic E-state index is 0.0555. The lowest BCUT2D eigenvalue weighted by atomic mass is 10.3. The summed E-state index contributed by atoms with van der Waals surface area (Å²) in [6.45, 7) is 1.54. The largest absolute Gasteiger partial charge is 0.281 e. The third kappa shape index (κ3) is 2.73. The Morgan fingerprint density at radius 1 is 1.45 bits per heavy atom. The summed E-state index contributed by atoms with van der Waals surface area (Å²) in [6.07, 6.45) is 1.14. The second-order valence-electron chi connectivity index (χ2n) is 3.89. The van der Waals surface area contributed by atoms with Gasteiger partial charge in [0, 0.05) is 12.1 Å². The first-order valence-corrected chi connectivity index (χ1v) is 7.14. The van der Waals surface area contributed by atoms with Crippen LogP contribution in [-0.2, 0) is 10.0 Å². The molecule has 0 spiro atoms. The van der Waals surface area contributed by atoms with Gasteiger partial charge in [0.2, 0.25) is 0 Å². The van der Waals surface area contributed by atoms with Crippen molar-refractivity contribution in [3.05, 3.63) is 45.2 Å². The number of benzene rings is 1. The predicted octanol–water partition coefficient (Wildman–Crippen LogP) is 2.08. The second-order valence-corrected chi connectivity index (χ2v) is 5.94. The number of rotatable bonds is 4. The van der Waals surface area contributed by atoms with Crippen molar-refractivity contribution in [1.29, 1.82) is 0 Å². The minimum Gasteiger partial charge on any atom is -0.281 e. The molecule has 0 unspecified atom stereocenters. The summed E-state index contributed by atoms with van der Waals surface area (Å²) in [6, 6.07) is 3.48. The highest BCUT2D eigenvalue weighted by molar-refractivity contribution is 7.92. The number of nitro groups is 1. The van der Waals surface area contributed by atoms with Gasteiger partial charge in [-0.25, -0.2) is 8.42 Å². The fourth-order valence-corrected chi connectivity index (χ4v) is 2.94. The molecule has 10 heteroatoms. The Morgan fingerprint density at radius 3 is 2.70 bits per heavy atom. The van der Waals surface area contributed by atoms with Crippen LogP contribution in [0.1, 0.15) is 5.69 Å². The number of nitrogens with one attached hydrogen (secondary N) is 2. The van der Waals surface area contributed by atoms with Crippen molar-refractivity contribution in [2.24, 2.45) is 0 Å². The molecular formula is C10H9ClN4O4S. The first-order valence-electron chi connectivity index (χ1n) is 5.28.